The van der Waals surface area contributed by atoms with Gasteiger partial charge in [0.15, 0.2) is 0 Å². The van der Waals surface area contributed by atoms with Crippen molar-refractivity contribution in [3.8, 4) is 0 Å². The van der Waals surface area contributed by atoms with Gasteiger partial charge >= 0.3 is 5.97 Å². The first-order valence-corrected chi connectivity index (χ1v) is 9.34. The van der Waals surface area contributed by atoms with Crippen LogP contribution in [-0.4, -0.2) is 60.0 Å². The molecule has 150 valence electrons. The molecular formula is C21H27N3O4. The first-order chi connectivity index (χ1) is 13.3. The summed E-state index contributed by atoms with van der Waals surface area (Å²) in [6.07, 6.45) is 0. The number of carbonyl (C=O) groups excluding carboxylic acids is 2. The van der Waals surface area contributed by atoms with Gasteiger partial charge in [0.1, 0.15) is 6.04 Å². The molecule has 0 aliphatic heterocycles. The zero-order chi connectivity index (χ0) is 20.7. The topological polar surface area (TPSA) is 90.0 Å². The van der Waals surface area contributed by atoms with Crippen molar-refractivity contribution in [2.24, 2.45) is 0 Å². The average Bonchev–Trinajstić information content (AvgIpc) is 2.67. The average molecular weight is 385 g/mol. The van der Waals surface area contributed by atoms with Crippen molar-refractivity contribution in [2.45, 2.75) is 26.8 Å². The summed E-state index contributed by atoms with van der Waals surface area (Å²) < 4.78 is 0. The van der Waals surface area contributed by atoms with Crippen molar-refractivity contribution < 1.29 is 19.5 Å². The second-order valence-corrected chi connectivity index (χ2v) is 6.60. The van der Waals surface area contributed by atoms with Gasteiger partial charge in [0.05, 0.1) is 12.2 Å². The lowest BCUT2D eigenvalue weighted by atomic mass is 10.1. The number of carboxylic acid groups (broad SMARTS) is 1. The van der Waals surface area contributed by atoms with Crippen molar-refractivity contribution in [1.82, 2.24) is 10.2 Å². The molecule has 2 rings (SSSR count). The van der Waals surface area contributed by atoms with Crippen molar-refractivity contribution in [3.63, 3.8) is 0 Å². The molecule has 0 saturated carbocycles. The summed E-state index contributed by atoms with van der Waals surface area (Å²) in [7, 11) is 0. The van der Waals surface area contributed by atoms with E-state index < -0.39 is 12.0 Å². The highest BCUT2D eigenvalue weighted by atomic mass is 16.4. The van der Waals surface area contributed by atoms with Gasteiger partial charge in [0.25, 0.3) is 0 Å². The van der Waals surface area contributed by atoms with E-state index in [0.29, 0.717) is 6.54 Å². The number of nitrogens with zero attached hydrogens (tertiary/aromatic N) is 2. The number of aliphatic carboxylic acids is 1. The number of rotatable bonds is 9. The van der Waals surface area contributed by atoms with E-state index in [4.69, 9.17) is 0 Å². The third-order valence-corrected chi connectivity index (χ3v) is 4.69. The smallest absolute Gasteiger partial charge is 0.320 e. The predicted octanol–water partition coefficient (Wildman–Crippen LogP) is 2.10. The largest absolute Gasteiger partial charge is 0.480 e. The molecule has 7 heteroatoms. The van der Waals surface area contributed by atoms with Crippen molar-refractivity contribution in [2.75, 3.05) is 31.1 Å². The van der Waals surface area contributed by atoms with Crippen LogP contribution in [0.2, 0.25) is 0 Å². The molecule has 2 amide bonds. The number of hydrogen-bond acceptors (Lipinski definition) is 4. The van der Waals surface area contributed by atoms with Crippen LogP contribution in [0.5, 0.6) is 0 Å². The Morgan fingerprint density at radius 3 is 2.43 bits per heavy atom. The molecule has 1 atom stereocenters. The number of carboxylic acids is 1. The fourth-order valence-electron chi connectivity index (χ4n) is 3.13. The molecule has 0 spiro atoms. The first-order valence-electron chi connectivity index (χ1n) is 9.34. The fraction of sp³-hybridized carbons (Fsp3) is 0.381. The molecule has 7 nitrogen and oxygen atoms in total. The van der Waals surface area contributed by atoms with Crippen LogP contribution >= 0.6 is 0 Å². The molecule has 2 aromatic carbocycles. The molecular weight excluding hydrogens is 358 g/mol. The van der Waals surface area contributed by atoms with E-state index in [1.54, 1.807) is 9.80 Å². The number of likely N-dealkylation sites (N-methyl/N-ethyl adjacent to an activating group) is 1. The maximum atomic E-state index is 13.1. The third-order valence-electron chi connectivity index (χ3n) is 4.69. The number of benzene rings is 2. The highest BCUT2D eigenvalue weighted by Crippen LogP contribution is 2.26. The molecule has 2 N–H and O–H groups in total. The number of carbonyl (C=O) groups is 3. The van der Waals surface area contributed by atoms with E-state index in [1.807, 2.05) is 49.4 Å². The molecule has 28 heavy (non-hydrogen) atoms. The quantitative estimate of drug-likeness (QED) is 0.690. The molecule has 0 aliphatic carbocycles. The number of anilines is 1. The van der Waals surface area contributed by atoms with Crippen molar-refractivity contribution in [1.29, 1.82) is 0 Å². The van der Waals surface area contributed by atoms with Crippen molar-refractivity contribution in [3.05, 3.63) is 42.5 Å². The van der Waals surface area contributed by atoms with Gasteiger partial charge < -0.3 is 15.3 Å². The van der Waals surface area contributed by atoms with Gasteiger partial charge in [-0.1, -0.05) is 36.4 Å². The summed E-state index contributed by atoms with van der Waals surface area (Å²) in [5.41, 5.74) is 0.801. The zero-order valence-electron chi connectivity index (χ0n) is 16.5. The number of hydrogen-bond donors (Lipinski definition) is 2. The van der Waals surface area contributed by atoms with Crippen molar-refractivity contribution >= 4 is 34.2 Å². The van der Waals surface area contributed by atoms with Gasteiger partial charge in [-0.05, 0) is 25.3 Å². The first kappa shape index (κ1) is 21.4. The Balaban J connectivity index is 2.23. The van der Waals surface area contributed by atoms with Crippen LogP contribution in [0.25, 0.3) is 10.8 Å². The summed E-state index contributed by atoms with van der Waals surface area (Å²) in [5, 5.41) is 14.0. The molecule has 0 saturated heterocycles. The lowest BCUT2D eigenvalue weighted by molar-refractivity contribution is -0.143. The second kappa shape index (κ2) is 9.85. The normalized spacial score (nSPS) is 12.0. The standard InChI is InChI=1S/C21H27N3O4/c1-4-24(19-11-7-9-17-8-5-6-10-18(17)19)20(26)14-23(15(2)21(27)28)13-12-22-16(3)25/h5-11,15H,4,12-14H2,1-3H3,(H,22,25)(H,27,28). The summed E-state index contributed by atoms with van der Waals surface area (Å²) in [4.78, 5) is 38.8. The zero-order valence-corrected chi connectivity index (χ0v) is 16.5. The van der Waals surface area contributed by atoms with Gasteiger partial charge in [-0.15, -0.1) is 0 Å². The third kappa shape index (κ3) is 5.29. The molecule has 0 heterocycles. The lowest BCUT2D eigenvalue weighted by Gasteiger charge is -2.29. The number of fused-ring (bicyclic) bond motifs is 1. The Morgan fingerprint density at radius 1 is 1.11 bits per heavy atom. The number of amides is 2. The molecule has 0 aliphatic rings. The van der Waals surface area contributed by atoms with E-state index in [1.165, 1.54) is 13.8 Å². The Bertz CT molecular complexity index is 847. The maximum absolute atomic E-state index is 13.1. The molecule has 0 fully saturated rings. The lowest BCUT2D eigenvalue weighted by Crippen LogP contribution is -2.49. The van der Waals surface area contributed by atoms with E-state index in [9.17, 15) is 19.5 Å². The minimum atomic E-state index is -1.01. The predicted molar refractivity (Wildman–Crippen MR) is 109 cm³/mol. The van der Waals surface area contributed by atoms with Gasteiger partial charge in [-0.25, -0.2) is 0 Å². The summed E-state index contributed by atoms with van der Waals surface area (Å²) >= 11 is 0. The van der Waals surface area contributed by atoms with Crippen LogP contribution in [0.3, 0.4) is 0 Å². The Morgan fingerprint density at radius 2 is 1.79 bits per heavy atom. The molecule has 0 radical (unpaired) electrons. The molecule has 0 bridgehead atoms. The monoisotopic (exact) mass is 385 g/mol. The second-order valence-electron chi connectivity index (χ2n) is 6.60. The Kier molecular flexibility index (Phi) is 7.52. The Hall–Kier alpha value is -2.93. The SMILES string of the molecule is CCN(C(=O)CN(CCNC(C)=O)C(C)C(=O)O)c1cccc2ccccc12. The Labute approximate surface area is 164 Å². The van der Waals surface area contributed by atoms with Crippen LogP contribution in [0.15, 0.2) is 42.5 Å². The summed E-state index contributed by atoms with van der Waals surface area (Å²) in [6.45, 7) is 5.79. The van der Waals surface area contributed by atoms with E-state index in [-0.39, 0.29) is 31.4 Å². The van der Waals surface area contributed by atoms with Crippen LogP contribution < -0.4 is 10.2 Å². The van der Waals surface area contributed by atoms with Crippen LogP contribution in [0.4, 0.5) is 5.69 Å². The minimum absolute atomic E-state index is 0.0515. The highest BCUT2D eigenvalue weighted by molar-refractivity contribution is 6.04. The number of nitrogens with one attached hydrogen (secondary N) is 1. The molecule has 0 aromatic heterocycles. The summed E-state index contributed by atoms with van der Waals surface area (Å²) in [5.74, 6) is -1.39. The van der Waals surface area contributed by atoms with E-state index in [2.05, 4.69) is 5.32 Å². The van der Waals surface area contributed by atoms with E-state index >= 15 is 0 Å². The van der Waals surface area contributed by atoms with Gasteiger partial charge in [-0.2, -0.15) is 0 Å². The van der Waals surface area contributed by atoms with Crippen LogP contribution in [0, 0.1) is 0 Å². The van der Waals surface area contributed by atoms with Gasteiger partial charge in [0.2, 0.25) is 11.8 Å². The van der Waals surface area contributed by atoms with Gasteiger partial charge in [0, 0.05) is 31.9 Å². The van der Waals surface area contributed by atoms with Crippen LogP contribution in [0.1, 0.15) is 20.8 Å². The summed E-state index contributed by atoms with van der Waals surface area (Å²) in [6, 6.07) is 12.8. The minimum Gasteiger partial charge on any atom is -0.480 e. The van der Waals surface area contributed by atoms with Crippen LogP contribution in [-0.2, 0) is 14.4 Å². The van der Waals surface area contributed by atoms with E-state index in [0.717, 1.165) is 16.5 Å². The fourth-order valence-corrected chi connectivity index (χ4v) is 3.13. The highest BCUT2D eigenvalue weighted by Gasteiger charge is 2.25. The maximum Gasteiger partial charge on any atom is 0.320 e. The van der Waals surface area contributed by atoms with Gasteiger partial charge in [-0.3, -0.25) is 19.3 Å². The molecule has 2 aromatic rings. The molecule has 1 unspecified atom stereocenters.